The number of aryl methyl sites for hydroxylation is 1. The molecule has 0 unspecified atom stereocenters. The maximum atomic E-state index is 6.13. The first-order valence-corrected chi connectivity index (χ1v) is 5.46. The molecule has 3 rings (SSSR count). The molecule has 0 bridgehead atoms. The molecule has 0 aliphatic rings. The Labute approximate surface area is 98.8 Å². The summed E-state index contributed by atoms with van der Waals surface area (Å²) in [6, 6.07) is 12.2. The summed E-state index contributed by atoms with van der Waals surface area (Å²) in [6.45, 7) is 0. The molecule has 0 amide bonds. The summed E-state index contributed by atoms with van der Waals surface area (Å²) in [7, 11) is 2.02. The van der Waals surface area contributed by atoms with Crippen molar-refractivity contribution in [3.8, 4) is 0 Å². The Balaban J connectivity index is 2.57. The van der Waals surface area contributed by atoms with E-state index in [-0.39, 0.29) is 0 Å². The molecule has 4 heteroatoms. The fourth-order valence-corrected chi connectivity index (χ4v) is 2.43. The lowest BCUT2D eigenvalue weighted by Gasteiger charge is -2.07. The zero-order valence-electron chi connectivity index (χ0n) is 9.57. The third-order valence-corrected chi connectivity index (χ3v) is 3.26. The van der Waals surface area contributed by atoms with Crippen LogP contribution >= 0.6 is 0 Å². The highest BCUT2D eigenvalue weighted by Crippen LogP contribution is 2.34. The minimum Gasteiger partial charge on any atom is -0.395 e. The Hall–Kier alpha value is -2.20. The highest BCUT2D eigenvalue weighted by atomic mass is 15.2. The molecule has 0 atom stereocenters. The van der Waals surface area contributed by atoms with Gasteiger partial charge in [-0.2, -0.15) is 0 Å². The van der Waals surface area contributed by atoms with Crippen LogP contribution in [0.1, 0.15) is 0 Å². The lowest BCUT2D eigenvalue weighted by atomic mass is 10.1. The van der Waals surface area contributed by atoms with Crippen LogP contribution in [0, 0.1) is 0 Å². The number of hydrogen-bond acceptors (Lipinski definition) is 3. The molecule has 86 valence electrons. The zero-order valence-corrected chi connectivity index (χ0v) is 9.57. The molecule has 17 heavy (non-hydrogen) atoms. The van der Waals surface area contributed by atoms with Gasteiger partial charge < -0.3 is 15.7 Å². The van der Waals surface area contributed by atoms with E-state index >= 15 is 0 Å². The molecule has 0 aliphatic heterocycles. The number of benzene rings is 2. The van der Waals surface area contributed by atoms with Gasteiger partial charge in [0.05, 0.1) is 16.9 Å². The Morgan fingerprint density at radius 3 is 2.59 bits per heavy atom. The molecular formula is C13H14N4. The quantitative estimate of drug-likeness (QED) is 0.338. The van der Waals surface area contributed by atoms with E-state index in [4.69, 9.17) is 11.6 Å². The van der Waals surface area contributed by atoms with Crippen molar-refractivity contribution in [1.82, 2.24) is 4.57 Å². The van der Waals surface area contributed by atoms with E-state index in [0.29, 0.717) is 5.69 Å². The van der Waals surface area contributed by atoms with Crippen molar-refractivity contribution in [2.75, 3.05) is 11.2 Å². The van der Waals surface area contributed by atoms with Crippen LogP contribution in [0.15, 0.2) is 36.4 Å². The van der Waals surface area contributed by atoms with Crippen LogP contribution in [0.2, 0.25) is 0 Å². The van der Waals surface area contributed by atoms with Crippen LogP contribution in [0.3, 0.4) is 0 Å². The fourth-order valence-electron chi connectivity index (χ4n) is 2.43. The predicted molar refractivity (Wildman–Crippen MR) is 72.6 cm³/mol. The molecule has 0 radical (unpaired) electrons. The molecule has 0 aliphatic carbocycles. The highest BCUT2D eigenvalue weighted by Gasteiger charge is 2.12. The molecule has 0 fully saturated rings. The number of nitrogens with two attached hydrogens (primary N) is 2. The second-order valence-corrected chi connectivity index (χ2v) is 4.14. The number of fused-ring (bicyclic) bond motifs is 3. The normalized spacial score (nSPS) is 11.2. The van der Waals surface area contributed by atoms with Crippen LogP contribution in [0.4, 0.5) is 11.4 Å². The Bertz CT molecular complexity index is 712. The third kappa shape index (κ3) is 1.21. The smallest absolute Gasteiger partial charge is 0.0810 e. The molecule has 1 heterocycles. The Morgan fingerprint density at radius 2 is 1.82 bits per heavy atom. The number of nitrogens with one attached hydrogen (secondary N) is 1. The number of aromatic nitrogens is 1. The van der Waals surface area contributed by atoms with Gasteiger partial charge in [-0.25, -0.2) is 0 Å². The second kappa shape index (κ2) is 3.40. The van der Waals surface area contributed by atoms with Crippen LogP contribution in [-0.4, -0.2) is 4.57 Å². The summed E-state index contributed by atoms with van der Waals surface area (Å²) in [4.78, 5) is 0. The van der Waals surface area contributed by atoms with E-state index in [2.05, 4.69) is 22.1 Å². The Kier molecular flexibility index (Phi) is 2.00. The highest BCUT2D eigenvalue weighted by molar-refractivity contribution is 6.13. The molecule has 5 N–H and O–H groups in total. The van der Waals surface area contributed by atoms with E-state index in [1.165, 1.54) is 10.9 Å². The lowest BCUT2D eigenvalue weighted by molar-refractivity contribution is 1.02. The maximum Gasteiger partial charge on any atom is 0.0810 e. The number of para-hydroxylation sites is 1. The summed E-state index contributed by atoms with van der Waals surface area (Å²) in [5.74, 6) is 5.45. The van der Waals surface area contributed by atoms with Gasteiger partial charge in [-0.1, -0.05) is 18.2 Å². The lowest BCUT2D eigenvalue weighted by Crippen LogP contribution is -2.09. The fraction of sp³-hybridized carbons (Fsp3) is 0.0769. The van der Waals surface area contributed by atoms with Gasteiger partial charge in [-0.05, 0) is 18.2 Å². The van der Waals surface area contributed by atoms with Crippen LogP contribution in [0.25, 0.3) is 21.8 Å². The summed E-state index contributed by atoms with van der Waals surface area (Å²) in [5.41, 5.74) is 12.4. The first kappa shape index (κ1) is 9.99. The number of nitrogens with zero attached hydrogens (tertiary/aromatic N) is 1. The van der Waals surface area contributed by atoms with Crippen molar-refractivity contribution in [1.29, 1.82) is 0 Å². The van der Waals surface area contributed by atoms with Crippen molar-refractivity contribution in [3.63, 3.8) is 0 Å². The summed E-state index contributed by atoms with van der Waals surface area (Å²) < 4.78 is 2.10. The molecule has 0 saturated heterocycles. The number of anilines is 2. The minimum atomic E-state index is 0.684. The van der Waals surface area contributed by atoms with Gasteiger partial charge in [0, 0.05) is 23.3 Å². The van der Waals surface area contributed by atoms with Gasteiger partial charge in [0.25, 0.3) is 0 Å². The van der Waals surface area contributed by atoms with Crippen molar-refractivity contribution in [3.05, 3.63) is 36.4 Å². The average Bonchev–Trinajstić information content (AvgIpc) is 2.65. The van der Waals surface area contributed by atoms with E-state index < -0.39 is 0 Å². The van der Waals surface area contributed by atoms with Gasteiger partial charge in [0.2, 0.25) is 0 Å². The number of nitrogen functional groups attached to an aromatic ring is 2. The molecule has 3 aromatic rings. The van der Waals surface area contributed by atoms with Crippen molar-refractivity contribution < 1.29 is 0 Å². The molecule has 0 spiro atoms. The molecular weight excluding hydrogens is 212 g/mol. The van der Waals surface area contributed by atoms with Gasteiger partial charge in [-0.3, -0.25) is 5.84 Å². The summed E-state index contributed by atoms with van der Waals surface area (Å²) in [6.07, 6.45) is 0. The largest absolute Gasteiger partial charge is 0.395 e. The third-order valence-electron chi connectivity index (χ3n) is 3.26. The molecule has 0 saturated carbocycles. The van der Waals surface area contributed by atoms with Gasteiger partial charge in [0.1, 0.15) is 0 Å². The van der Waals surface area contributed by atoms with E-state index in [1.807, 2.05) is 31.3 Å². The average molecular weight is 226 g/mol. The van der Waals surface area contributed by atoms with Crippen molar-refractivity contribution in [2.45, 2.75) is 0 Å². The van der Waals surface area contributed by atoms with E-state index in [9.17, 15) is 0 Å². The first-order valence-electron chi connectivity index (χ1n) is 5.46. The van der Waals surface area contributed by atoms with Crippen molar-refractivity contribution >= 4 is 33.2 Å². The maximum absolute atomic E-state index is 6.13. The summed E-state index contributed by atoms with van der Waals surface area (Å²) >= 11 is 0. The van der Waals surface area contributed by atoms with Crippen LogP contribution in [-0.2, 0) is 7.05 Å². The van der Waals surface area contributed by atoms with Crippen LogP contribution in [0.5, 0.6) is 0 Å². The van der Waals surface area contributed by atoms with Crippen molar-refractivity contribution in [2.24, 2.45) is 12.9 Å². The topological polar surface area (TPSA) is 69.0 Å². The van der Waals surface area contributed by atoms with Gasteiger partial charge >= 0.3 is 0 Å². The number of hydrazine groups is 1. The number of rotatable bonds is 1. The second-order valence-electron chi connectivity index (χ2n) is 4.14. The SMILES string of the molecule is Cn1c2ccccc2c2ccc(NN)c(N)c21. The molecule has 4 nitrogen and oxygen atoms in total. The van der Waals surface area contributed by atoms with Crippen LogP contribution < -0.4 is 17.0 Å². The van der Waals surface area contributed by atoms with E-state index in [0.717, 1.165) is 16.6 Å². The predicted octanol–water partition coefficient (Wildman–Crippen LogP) is 2.20. The number of hydrogen-bond donors (Lipinski definition) is 3. The Morgan fingerprint density at radius 1 is 1.06 bits per heavy atom. The standard InChI is InChI=1S/C13H14N4/c1-17-11-5-3-2-4-8(11)9-6-7-10(16-15)12(14)13(9)17/h2-7,16H,14-15H2,1H3. The first-order chi connectivity index (χ1) is 8.24. The van der Waals surface area contributed by atoms with E-state index in [1.54, 1.807) is 0 Å². The van der Waals surface area contributed by atoms with Gasteiger partial charge in [0.15, 0.2) is 0 Å². The monoisotopic (exact) mass is 226 g/mol. The molecule has 1 aromatic heterocycles. The van der Waals surface area contributed by atoms with Gasteiger partial charge in [-0.15, -0.1) is 0 Å². The zero-order chi connectivity index (χ0) is 12.0. The molecule has 2 aromatic carbocycles. The minimum absolute atomic E-state index is 0.684. The summed E-state index contributed by atoms with van der Waals surface area (Å²) in [5, 5.41) is 2.36.